The maximum Gasteiger partial charge on any atom is 0.356 e. The molecule has 1 aliphatic carbocycles. The van der Waals surface area contributed by atoms with Crippen molar-refractivity contribution in [1.82, 2.24) is 14.8 Å². The number of carboxylic acids is 1. The number of alkyl halides is 2. The molecule has 0 unspecified atom stereocenters. The van der Waals surface area contributed by atoms with Gasteiger partial charge in [-0.05, 0) is 12.8 Å². The largest absolute Gasteiger partial charge is 0.619 e. The molecular formula is C12H10F2N4O3. The molecule has 2 heterocycles. The fourth-order valence-corrected chi connectivity index (χ4v) is 2.48. The van der Waals surface area contributed by atoms with E-state index < -0.39 is 29.7 Å². The van der Waals surface area contributed by atoms with Gasteiger partial charge in [0, 0.05) is 12.0 Å². The summed E-state index contributed by atoms with van der Waals surface area (Å²) in [5.74, 6) is -4.73. The van der Waals surface area contributed by atoms with E-state index in [-0.39, 0.29) is 24.2 Å². The summed E-state index contributed by atoms with van der Waals surface area (Å²) in [6.07, 6.45) is 3.18. The minimum atomic E-state index is -3.21. The molecule has 9 heteroatoms. The first-order chi connectivity index (χ1) is 9.90. The van der Waals surface area contributed by atoms with Crippen LogP contribution in [0.1, 0.15) is 34.6 Å². The van der Waals surface area contributed by atoms with E-state index in [1.807, 2.05) is 0 Å². The number of aromatic carboxylic acids is 1. The Kier molecular flexibility index (Phi) is 2.85. The van der Waals surface area contributed by atoms with Crippen LogP contribution in [-0.4, -0.2) is 25.8 Å². The first kappa shape index (κ1) is 13.4. The molecule has 3 rings (SSSR count). The third-order valence-corrected chi connectivity index (χ3v) is 3.33. The van der Waals surface area contributed by atoms with Crippen molar-refractivity contribution < 1.29 is 23.4 Å². The molecule has 0 atom stereocenters. The highest BCUT2D eigenvalue weighted by molar-refractivity contribution is 5.87. The highest BCUT2D eigenvalue weighted by atomic mass is 19.3. The molecule has 0 spiro atoms. The van der Waals surface area contributed by atoms with Gasteiger partial charge >= 0.3 is 5.97 Å². The molecule has 1 aliphatic rings. The van der Waals surface area contributed by atoms with Crippen LogP contribution < -0.4 is 4.73 Å². The molecule has 21 heavy (non-hydrogen) atoms. The third kappa shape index (κ3) is 2.10. The number of nitrogens with zero attached hydrogens (tertiary/aromatic N) is 4. The predicted octanol–water partition coefficient (Wildman–Crippen LogP) is 1.03. The average Bonchev–Trinajstić information content (AvgIpc) is 2.79. The smallest absolute Gasteiger partial charge is 0.356 e. The van der Waals surface area contributed by atoms with Crippen molar-refractivity contribution in [2.45, 2.75) is 25.2 Å². The SMILES string of the molecule is O=C(O)c1nn(-c2c[n+]([O-])ccn2)c2c1CCCC2(F)F. The normalized spacial score (nSPS) is 16.5. The summed E-state index contributed by atoms with van der Waals surface area (Å²) in [5.41, 5.74) is -0.917. The number of hydrogen-bond acceptors (Lipinski definition) is 4. The lowest BCUT2D eigenvalue weighted by Gasteiger charge is -2.23. The van der Waals surface area contributed by atoms with E-state index in [0.717, 1.165) is 23.3 Å². The Morgan fingerprint density at radius 1 is 1.52 bits per heavy atom. The number of carbonyl (C=O) groups is 1. The molecule has 110 valence electrons. The van der Waals surface area contributed by atoms with Crippen LogP contribution in [0.5, 0.6) is 0 Å². The fourth-order valence-electron chi connectivity index (χ4n) is 2.48. The number of aromatic nitrogens is 4. The van der Waals surface area contributed by atoms with Crippen LogP contribution in [0.2, 0.25) is 0 Å². The van der Waals surface area contributed by atoms with Crippen molar-refractivity contribution in [2.24, 2.45) is 0 Å². The molecule has 0 amide bonds. The van der Waals surface area contributed by atoms with Gasteiger partial charge in [-0.3, -0.25) is 0 Å². The standard InChI is InChI=1S/C12H10F2N4O3/c13-12(14)3-1-2-7-9(11(19)20)16-18(10(7)12)8-6-17(21)5-4-15-8/h4-6H,1-3H2,(H,19,20). The molecule has 2 aromatic rings. The number of rotatable bonds is 2. The maximum atomic E-state index is 14.2. The first-order valence-electron chi connectivity index (χ1n) is 6.19. The summed E-state index contributed by atoms with van der Waals surface area (Å²) in [4.78, 5) is 15.0. The van der Waals surface area contributed by atoms with Gasteiger partial charge in [0.05, 0.1) is 6.20 Å². The Morgan fingerprint density at radius 3 is 2.95 bits per heavy atom. The Bertz CT molecular complexity index is 729. The van der Waals surface area contributed by atoms with E-state index in [2.05, 4.69) is 10.1 Å². The van der Waals surface area contributed by atoms with Gasteiger partial charge in [-0.15, -0.1) is 0 Å². The number of halogens is 2. The molecule has 0 bridgehead atoms. The second-order valence-electron chi connectivity index (χ2n) is 4.73. The number of carboxylic acid groups (broad SMARTS) is 1. The van der Waals surface area contributed by atoms with Crippen molar-refractivity contribution >= 4 is 5.97 Å². The van der Waals surface area contributed by atoms with Crippen molar-refractivity contribution in [3.8, 4) is 5.82 Å². The summed E-state index contributed by atoms with van der Waals surface area (Å²) >= 11 is 0. The van der Waals surface area contributed by atoms with Gasteiger partial charge in [0.1, 0.15) is 5.69 Å². The van der Waals surface area contributed by atoms with Crippen LogP contribution in [0.3, 0.4) is 0 Å². The highest BCUT2D eigenvalue weighted by Crippen LogP contribution is 2.41. The number of fused-ring (bicyclic) bond motifs is 1. The Labute approximate surface area is 117 Å². The monoisotopic (exact) mass is 296 g/mol. The number of hydrogen-bond donors (Lipinski definition) is 1. The van der Waals surface area contributed by atoms with Crippen LogP contribution in [-0.2, 0) is 12.3 Å². The van der Waals surface area contributed by atoms with Gasteiger partial charge in [-0.2, -0.15) is 18.6 Å². The van der Waals surface area contributed by atoms with Crippen molar-refractivity contribution in [3.63, 3.8) is 0 Å². The molecule has 0 radical (unpaired) electrons. The molecule has 2 aromatic heterocycles. The zero-order chi connectivity index (χ0) is 15.2. The zero-order valence-corrected chi connectivity index (χ0v) is 10.7. The van der Waals surface area contributed by atoms with Crippen LogP contribution in [0, 0.1) is 5.21 Å². The molecule has 0 aliphatic heterocycles. The van der Waals surface area contributed by atoms with Crippen LogP contribution in [0.25, 0.3) is 5.82 Å². The highest BCUT2D eigenvalue weighted by Gasteiger charge is 2.44. The Balaban J connectivity index is 2.28. The second-order valence-corrected chi connectivity index (χ2v) is 4.73. The second kappa shape index (κ2) is 4.47. The van der Waals surface area contributed by atoms with E-state index in [0.29, 0.717) is 4.73 Å². The lowest BCUT2D eigenvalue weighted by atomic mass is 9.92. The summed E-state index contributed by atoms with van der Waals surface area (Å²) < 4.78 is 29.5. The average molecular weight is 296 g/mol. The molecule has 0 saturated heterocycles. The molecule has 0 saturated carbocycles. The van der Waals surface area contributed by atoms with Gasteiger partial charge in [0.25, 0.3) is 5.92 Å². The molecule has 1 N–H and O–H groups in total. The summed E-state index contributed by atoms with van der Waals surface area (Å²) in [6, 6.07) is 0. The summed E-state index contributed by atoms with van der Waals surface area (Å²) in [6.45, 7) is 0. The zero-order valence-electron chi connectivity index (χ0n) is 10.7. The van der Waals surface area contributed by atoms with E-state index in [9.17, 15) is 18.8 Å². The minimum absolute atomic E-state index is 0.00171. The topological polar surface area (TPSA) is 95.0 Å². The van der Waals surface area contributed by atoms with Crippen LogP contribution in [0.15, 0.2) is 18.6 Å². The van der Waals surface area contributed by atoms with Gasteiger partial charge in [0.2, 0.25) is 12.0 Å². The molecular weight excluding hydrogens is 286 g/mol. The van der Waals surface area contributed by atoms with Crippen molar-refractivity contribution in [2.75, 3.05) is 0 Å². The van der Waals surface area contributed by atoms with Crippen LogP contribution in [0.4, 0.5) is 8.78 Å². The molecule has 7 nitrogen and oxygen atoms in total. The van der Waals surface area contributed by atoms with Gasteiger partial charge in [-0.25, -0.2) is 14.5 Å². The quantitative estimate of drug-likeness (QED) is 0.659. The van der Waals surface area contributed by atoms with Crippen molar-refractivity contribution in [3.05, 3.63) is 40.7 Å². The van der Waals surface area contributed by atoms with E-state index in [1.54, 1.807) is 0 Å². The fraction of sp³-hybridized carbons (Fsp3) is 0.333. The summed E-state index contributed by atoms with van der Waals surface area (Å²) in [7, 11) is 0. The van der Waals surface area contributed by atoms with E-state index >= 15 is 0 Å². The predicted molar refractivity (Wildman–Crippen MR) is 64.1 cm³/mol. The maximum absolute atomic E-state index is 14.2. The third-order valence-electron chi connectivity index (χ3n) is 3.33. The lowest BCUT2D eigenvalue weighted by molar-refractivity contribution is -0.605. The van der Waals surface area contributed by atoms with Gasteiger partial charge in [0.15, 0.2) is 11.9 Å². The van der Waals surface area contributed by atoms with Crippen LogP contribution >= 0.6 is 0 Å². The molecule has 0 fully saturated rings. The van der Waals surface area contributed by atoms with Gasteiger partial charge in [-0.1, -0.05) is 0 Å². The Morgan fingerprint density at radius 2 is 2.29 bits per heavy atom. The van der Waals surface area contributed by atoms with E-state index in [1.165, 1.54) is 0 Å². The lowest BCUT2D eigenvalue weighted by Crippen LogP contribution is -2.28. The van der Waals surface area contributed by atoms with Gasteiger partial charge < -0.3 is 10.3 Å². The Hall–Kier alpha value is -2.58. The van der Waals surface area contributed by atoms with Crippen molar-refractivity contribution in [1.29, 1.82) is 0 Å². The summed E-state index contributed by atoms with van der Waals surface area (Å²) in [5, 5.41) is 24.1. The molecule has 0 aromatic carbocycles. The first-order valence-corrected chi connectivity index (χ1v) is 6.19. The van der Waals surface area contributed by atoms with E-state index in [4.69, 9.17) is 5.11 Å². The minimum Gasteiger partial charge on any atom is -0.619 e.